The number of carbonyl (C=O) groups excluding carboxylic acids is 2. The Morgan fingerprint density at radius 1 is 0.706 bits per heavy atom. The summed E-state index contributed by atoms with van der Waals surface area (Å²) in [6.07, 6.45) is 14.3. The van der Waals surface area contributed by atoms with Gasteiger partial charge >= 0.3 is 0 Å². The average molecular weight is 463 g/mol. The molecule has 4 unspecified atom stereocenters. The van der Waals surface area contributed by atoms with Gasteiger partial charge in [-0.3, -0.25) is 9.59 Å². The molecular formula is C30H42N2O2. The third kappa shape index (κ3) is 6.40. The highest BCUT2D eigenvalue weighted by Gasteiger charge is 2.24. The zero-order valence-electron chi connectivity index (χ0n) is 21.1. The lowest BCUT2D eigenvalue weighted by molar-refractivity contribution is 0.0909. The molecule has 2 fully saturated rings. The van der Waals surface area contributed by atoms with Gasteiger partial charge in [0.15, 0.2) is 0 Å². The van der Waals surface area contributed by atoms with Crippen molar-refractivity contribution in [2.45, 2.75) is 103 Å². The van der Waals surface area contributed by atoms with Gasteiger partial charge < -0.3 is 10.6 Å². The predicted octanol–water partition coefficient (Wildman–Crippen LogP) is 7.02. The van der Waals surface area contributed by atoms with Crippen LogP contribution in [-0.4, -0.2) is 23.9 Å². The van der Waals surface area contributed by atoms with Crippen LogP contribution < -0.4 is 10.6 Å². The molecule has 0 aromatic heterocycles. The Bertz CT molecular complexity index is 902. The Morgan fingerprint density at radius 2 is 1.15 bits per heavy atom. The van der Waals surface area contributed by atoms with Crippen LogP contribution in [0.3, 0.4) is 0 Å². The molecule has 4 rings (SSSR count). The minimum atomic E-state index is 0.0183. The van der Waals surface area contributed by atoms with Gasteiger partial charge in [-0.25, -0.2) is 0 Å². The first-order valence-corrected chi connectivity index (χ1v) is 13.7. The second-order valence-corrected chi connectivity index (χ2v) is 10.8. The summed E-state index contributed by atoms with van der Waals surface area (Å²) < 4.78 is 0. The van der Waals surface area contributed by atoms with Gasteiger partial charge in [0.25, 0.3) is 11.8 Å². The Hall–Kier alpha value is -2.36. The van der Waals surface area contributed by atoms with Crippen molar-refractivity contribution in [1.29, 1.82) is 0 Å². The lowest BCUT2D eigenvalue weighted by atomic mass is 9.83. The first-order valence-electron chi connectivity index (χ1n) is 13.7. The van der Waals surface area contributed by atoms with Crippen molar-refractivity contribution in [3.8, 4) is 0 Å². The van der Waals surface area contributed by atoms with Crippen molar-refractivity contribution in [2.75, 3.05) is 0 Å². The lowest BCUT2D eigenvalue weighted by Crippen LogP contribution is -2.38. The molecule has 2 N–H and O–H groups in total. The van der Waals surface area contributed by atoms with Gasteiger partial charge in [0.1, 0.15) is 0 Å². The molecular weight excluding hydrogens is 420 g/mol. The molecule has 4 atom stereocenters. The topological polar surface area (TPSA) is 58.2 Å². The minimum Gasteiger partial charge on any atom is -0.349 e. The summed E-state index contributed by atoms with van der Waals surface area (Å²) in [5.41, 5.74) is 1.40. The van der Waals surface area contributed by atoms with E-state index in [1.165, 1.54) is 51.4 Å². The van der Waals surface area contributed by atoms with Crippen molar-refractivity contribution in [3.05, 3.63) is 47.5 Å². The lowest BCUT2D eigenvalue weighted by Gasteiger charge is -2.29. The molecule has 0 bridgehead atoms. The molecule has 184 valence electrons. The van der Waals surface area contributed by atoms with Crippen molar-refractivity contribution in [1.82, 2.24) is 10.6 Å². The molecule has 2 aliphatic carbocycles. The van der Waals surface area contributed by atoms with Crippen molar-refractivity contribution >= 4 is 22.6 Å². The van der Waals surface area contributed by atoms with E-state index in [-0.39, 0.29) is 23.9 Å². The summed E-state index contributed by atoms with van der Waals surface area (Å²) in [4.78, 5) is 25.8. The molecule has 2 aromatic carbocycles. The standard InChI is InChI=1S/C30H42N2O2/c1-3-7-21-9-5-11-27(17-21)31-29(33)25-15-13-24-20-26(16-14-23(24)19-25)30(34)32-28-12-6-10-22(18-28)8-4-2/h13-16,19-22,27-28H,3-12,17-18H2,1-2H3,(H,31,33)(H,32,34). The molecule has 2 saturated carbocycles. The average Bonchev–Trinajstić information content (AvgIpc) is 2.84. The summed E-state index contributed by atoms with van der Waals surface area (Å²) in [6.45, 7) is 4.48. The van der Waals surface area contributed by atoms with Crippen LogP contribution in [0.25, 0.3) is 10.8 Å². The monoisotopic (exact) mass is 462 g/mol. The van der Waals surface area contributed by atoms with E-state index in [0.29, 0.717) is 11.1 Å². The Morgan fingerprint density at radius 3 is 1.56 bits per heavy atom. The van der Waals surface area contributed by atoms with Crippen LogP contribution in [0.15, 0.2) is 36.4 Å². The van der Waals surface area contributed by atoms with Crippen LogP contribution >= 0.6 is 0 Å². The molecule has 4 heteroatoms. The van der Waals surface area contributed by atoms with Crippen LogP contribution in [0.1, 0.15) is 112 Å². The Balaban J connectivity index is 1.37. The summed E-state index contributed by atoms with van der Waals surface area (Å²) in [5, 5.41) is 8.54. The minimum absolute atomic E-state index is 0.0183. The number of benzene rings is 2. The number of fused-ring (bicyclic) bond motifs is 1. The van der Waals surface area contributed by atoms with Gasteiger partial charge in [0.05, 0.1) is 0 Å². The predicted molar refractivity (Wildman–Crippen MR) is 140 cm³/mol. The van der Waals surface area contributed by atoms with Crippen molar-refractivity contribution in [2.24, 2.45) is 11.8 Å². The molecule has 0 saturated heterocycles. The molecule has 34 heavy (non-hydrogen) atoms. The Labute approximate surface area is 205 Å². The number of nitrogens with one attached hydrogen (secondary N) is 2. The normalized spacial score (nSPS) is 25.1. The Kier molecular flexibility index (Phi) is 8.64. The summed E-state index contributed by atoms with van der Waals surface area (Å²) in [7, 11) is 0. The fourth-order valence-corrected chi connectivity index (χ4v) is 6.25. The maximum absolute atomic E-state index is 12.9. The zero-order chi connectivity index (χ0) is 23.9. The van der Waals surface area contributed by atoms with Gasteiger partial charge in [-0.1, -0.05) is 77.3 Å². The molecule has 0 aliphatic heterocycles. The third-order valence-corrected chi connectivity index (χ3v) is 7.99. The third-order valence-electron chi connectivity index (χ3n) is 7.99. The van der Waals surface area contributed by atoms with Crippen LogP contribution in [-0.2, 0) is 0 Å². The van der Waals surface area contributed by atoms with Gasteiger partial charge in [0.2, 0.25) is 0 Å². The van der Waals surface area contributed by atoms with Crippen LogP contribution in [0.2, 0.25) is 0 Å². The van der Waals surface area contributed by atoms with E-state index >= 15 is 0 Å². The number of hydrogen-bond acceptors (Lipinski definition) is 2. The highest BCUT2D eigenvalue weighted by Crippen LogP contribution is 2.29. The number of amides is 2. The first-order chi connectivity index (χ1) is 16.6. The van der Waals surface area contributed by atoms with Crippen LogP contribution in [0.4, 0.5) is 0 Å². The highest BCUT2D eigenvalue weighted by atomic mass is 16.2. The van der Waals surface area contributed by atoms with E-state index in [0.717, 1.165) is 48.3 Å². The van der Waals surface area contributed by atoms with E-state index in [2.05, 4.69) is 24.5 Å². The smallest absolute Gasteiger partial charge is 0.251 e. The highest BCUT2D eigenvalue weighted by molar-refractivity contribution is 6.02. The molecule has 0 heterocycles. The van der Waals surface area contributed by atoms with Gasteiger partial charge in [-0.15, -0.1) is 0 Å². The maximum atomic E-state index is 12.9. The van der Waals surface area contributed by atoms with Crippen LogP contribution in [0, 0.1) is 11.8 Å². The van der Waals surface area contributed by atoms with Crippen molar-refractivity contribution in [3.63, 3.8) is 0 Å². The summed E-state index contributed by atoms with van der Waals surface area (Å²) >= 11 is 0. The second-order valence-electron chi connectivity index (χ2n) is 10.8. The fraction of sp³-hybridized carbons (Fsp3) is 0.600. The van der Waals surface area contributed by atoms with Gasteiger partial charge in [0, 0.05) is 23.2 Å². The van der Waals surface area contributed by atoms with E-state index in [9.17, 15) is 9.59 Å². The quantitative estimate of drug-likeness (QED) is 0.443. The van der Waals surface area contributed by atoms with E-state index < -0.39 is 0 Å². The molecule has 2 aliphatic rings. The number of hydrogen-bond donors (Lipinski definition) is 2. The SMILES string of the molecule is CCCC1CCCC(NC(=O)c2ccc3cc(C(=O)NC4CCCC(CCC)C4)ccc3c2)C1. The molecule has 4 nitrogen and oxygen atoms in total. The molecule has 2 amide bonds. The van der Waals surface area contributed by atoms with E-state index in [1.54, 1.807) is 0 Å². The molecule has 0 radical (unpaired) electrons. The van der Waals surface area contributed by atoms with Gasteiger partial charge in [-0.2, -0.15) is 0 Å². The maximum Gasteiger partial charge on any atom is 0.251 e. The van der Waals surface area contributed by atoms with Gasteiger partial charge in [-0.05, 0) is 72.6 Å². The fourth-order valence-electron chi connectivity index (χ4n) is 6.25. The number of carbonyl (C=O) groups is 2. The zero-order valence-corrected chi connectivity index (χ0v) is 21.1. The van der Waals surface area contributed by atoms with Crippen LogP contribution in [0.5, 0.6) is 0 Å². The van der Waals surface area contributed by atoms with E-state index in [1.807, 2.05) is 36.4 Å². The van der Waals surface area contributed by atoms with E-state index in [4.69, 9.17) is 0 Å². The molecule has 0 spiro atoms. The largest absolute Gasteiger partial charge is 0.349 e. The summed E-state index contributed by atoms with van der Waals surface area (Å²) in [5.74, 6) is 1.53. The second kappa shape index (κ2) is 11.9. The van der Waals surface area contributed by atoms with Crippen molar-refractivity contribution < 1.29 is 9.59 Å². The molecule has 2 aromatic rings. The summed E-state index contributed by atoms with van der Waals surface area (Å²) in [6, 6.07) is 12.2. The first kappa shape index (κ1) is 24.8. The number of rotatable bonds is 8.